The summed E-state index contributed by atoms with van der Waals surface area (Å²) >= 11 is 0. The molecule has 0 amide bonds. The van der Waals surface area contributed by atoms with Gasteiger partial charge in [0.05, 0.1) is 0 Å². The van der Waals surface area contributed by atoms with Crippen molar-refractivity contribution in [2.75, 3.05) is 0 Å². The monoisotopic (exact) mass is 446 g/mol. The Morgan fingerprint density at radius 2 is 0.882 bits per heavy atom. The number of rotatable bonds is 4. The molecule has 0 aliphatic carbocycles. The molecule has 1 nitrogen and oxygen atoms in total. The Hall–Kier alpha value is -3.45. The Kier molecular flexibility index (Phi) is 6.32. The van der Waals surface area contributed by atoms with Gasteiger partial charge in [-0.25, -0.2) is 0 Å². The highest BCUT2D eigenvalue weighted by Crippen LogP contribution is 2.38. The van der Waals surface area contributed by atoms with Crippen molar-refractivity contribution in [3.8, 4) is 0 Å². The lowest BCUT2D eigenvalue weighted by Gasteiger charge is -2.29. The first-order valence-corrected chi connectivity index (χ1v) is 12.0. The zero-order valence-electron chi connectivity index (χ0n) is 21.1. The molecule has 0 unspecified atom stereocenters. The van der Waals surface area contributed by atoms with E-state index in [2.05, 4.69) is 139 Å². The molecule has 0 aromatic heterocycles. The van der Waals surface area contributed by atoms with Crippen molar-refractivity contribution in [1.29, 1.82) is 0 Å². The van der Waals surface area contributed by atoms with Crippen LogP contribution < -0.4 is 0 Å². The van der Waals surface area contributed by atoms with Gasteiger partial charge >= 0.3 is 0 Å². The second-order valence-corrected chi connectivity index (χ2v) is 11.1. The SMILES string of the molecule is CC(C)(C)/C(=C\c1cccc2ccccc12)C(=O)/C(=C/c1cccc2ccccc12)C(C)(C)C. The molecule has 34 heavy (non-hydrogen) atoms. The zero-order valence-corrected chi connectivity index (χ0v) is 21.1. The lowest BCUT2D eigenvalue weighted by atomic mass is 9.74. The highest BCUT2D eigenvalue weighted by Gasteiger charge is 2.32. The zero-order chi connectivity index (χ0) is 24.5. The number of ketones is 1. The fourth-order valence-corrected chi connectivity index (χ4v) is 4.45. The first-order valence-electron chi connectivity index (χ1n) is 12.0. The molecule has 4 rings (SSSR count). The van der Waals surface area contributed by atoms with Crippen LogP contribution in [-0.2, 0) is 4.79 Å². The minimum absolute atomic E-state index is 0.112. The van der Waals surface area contributed by atoms with Gasteiger partial charge in [-0.1, -0.05) is 126 Å². The van der Waals surface area contributed by atoms with Crippen molar-refractivity contribution in [2.45, 2.75) is 41.5 Å². The van der Waals surface area contributed by atoms with Gasteiger partial charge in [-0.05, 0) is 55.7 Å². The number of carbonyl (C=O) groups is 1. The van der Waals surface area contributed by atoms with Crippen LogP contribution in [0.5, 0.6) is 0 Å². The molecule has 0 spiro atoms. The molecule has 4 aromatic carbocycles. The molecule has 172 valence electrons. The van der Waals surface area contributed by atoms with Gasteiger partial charge in [-0.15, -0.1) is 0 Å². The van der Waals surface area contributed by atoms with Crippen LogP contribution in [-0.4, -0.2) is 5.78 Å². The van der Waals surface area contributed by atoms with E-state index in [-0.39, 0.29) is 16.6 Å². The fraction of sp³-hybridized carbons (Fsp3) is 0.242. The first-order chi connectivity index (χ1) is 16.1. The number of allylic oxidation sites excluding steroid dienone is 2. The van der Waals surface area contributed by atoms with Crippen LogP contribution in [0.1, 0.15) is 52.7 Å². The standard InChI is InChI=1S/C33H34O/c1-32(2,3)29(21-25-17-11-15-23-13-7-9-19-27(23)25)31(34)30(33(4,5)6)22-26-18-12-16-24-14-8-10-20-28(24)26/h7-22H,1-6H3/b29-21-,30-22-. The fourth-order valence-electron chi connectivity index (χ4n) is 4.45. The maximum Gasteiger partial charge on any atom is 0.186 e. The molecule has 1 heteroatoms. The smallest absolute Gasteiger partial charge is 0.186 e. The van der Waals surface area contributed by atoms with E-state index < -0.39 is 0 Å². The summed E-state index contributed by atoms with van der Waals surface area (Å²) < 4.78 is 0. The van der Waals surface area contributed by atoms with E-state index in [0.717, 1.165) is 33.0 Å². The summed E-state index contributed by atoms with van der Waals surface area (Å²) in [4.78, 5) is 14.3. The largest absolute Gasteiger partial charge is 0.289 e. The average molecular weight is 447 g/mol. The van der Waals surface area contributed by atoms with E-state index in [4.69, 9.17) is 0 Å². The number of hydrogen-bond acceptors (Lipinski definition) is 1. The van der Waals surface area contributed by atoms with Gasteiger partial charge in [0.15, 0.2) is 5.78 Å². The molecule has 0 heterocycles. The summed E-state index contributed by atoms with van der Waals surface area (Å²) in [6.45, 7) is 12.8. The summed E-state index contributed by atoms with van der Waals surface area (Å²) in [6, 6.07) is 29.3. The molecule has 0 atom stereocenters. The van der Waals surface area contributed by atoms with Crippen LogP contribution in [0, 0.1) is 10.8 Å². The number of Topliss-reactive ketones (excluding diaryl/α,β-unsaturated/α-hetero) is 1. The minimum atomic E-state index is -0.308. The van der Waals surface area contributed by atoms with Crippen molar-refractivity contribution < 1.29 is 4.79 Å². The lowest BCUT2D eigenvalue weighted by Crippen LogP contribution is -2.25. The van der Waals surface area contributed by atoms with Crippen LogP contribution in [0.4, 0.5) is 0 Å². The summed E-state index contributed by atoms with van der Waals surface area (Å²) in [6.07, 6.45) is 4.21. The average Bonchev–Trinajstić information content (AvgIpc) is 2.79. The Morgan fingerprint density at radius 1 is 0.529 bits per heavy atom. The van der Waals surface area contributed by atoms with E-state index in [9.17, 15) is 4.79 Å². The van der Waals surface area contributed by atoms with E-state index in [1.807, 2.05) is 0 Å². The Bertz CT molecular complexity index is 1300. The van der Waals surface area contributed by atoms with Crippen molar-refractivity contribution in [2.24, 2.45) is 10.8 Å². The molecule has 0 bridgehead atoms. The third-order valence-electron chi connectivity index (χ3n) is 6.35. The van der Waals surface area contributed by atoms with Crippen LogP contribution in [0.3, 0.4) is 0 Å². The van der Waals surface area contributed by atoms with Gasteiger partial charge in [0.25, 0.3) is 0 Å². The van der Waals surface area contributed by atoms with Gasteiger partial charge in [-0.3, -0.25) is 4.79 Å². The normalized spacial score (nSPS) is 13.5. The summed E-state index contributed by atoms with van der Waals surface area (Å²) in [5, 5.41) is 4.68. The van der Waals surface area contributed by atoms with Gasteiger partial charge in [0.1, 0.15) is 0 Å². The maximum atomic E-state index is 14.3. The summed E-state index contributed by atoms with van der Waals surface area (Å²) in [7, 11) is 0. The molecule has 0 fully saturated rings. The molecule has 0 N–H and O–H groups in total. The topological polar surface area (TPSA) is 17.1 Å². The second-order valence-electron chi connectivity index (χ2n) is 11.1. The van der Waals surface area contributed by atoms with Crippen molar-refractivity contribution >= 4 is 39.5 Å². The van der Waals surface area contributed by atoms with Gasteiger partial charge in [0.2, 0.25) is 0 Å². The number of fused-ring (bicyclic) bond motifs is 2. The van der Waals surface area contributed by atoms with Crippen LogP contribution in [0.2, 0.25) is 0 Å². The predicted octanol–water partition coefficient (Wildman–Crippen LogP) is 9.12. The summed E-state index contributed by atoms with van der Waals surface area (Å²) in [5.41, 5.74) is 3.19. The Balaban J connectivity index is 1.91. The number of benzene rings is 4. The van der Waals surface area contributed by atoms with Gasteiger partial charge in [0, 0.05) is 11.1 Å². The Morgan fingerprint density at radius 3 is 1.26 bits per heavy atom. The highest BCUT2D eigenvalue weighted by atomic mass is 16.1. The van der Waals surface area contributed by atoms with Crippen LogP contribution in [0.15, 0.2) is 96.1 Å². The molecule has 0 saturated heterocycles. The number of carbonyl (C=O) groups excluding carboxylic acids is 1. The molecule has 0 saturated carbocycles. The molecule has 4 aromatic rings. The van der Waals surface area contributed by atoms with Crippen LogP contribution >= 0.6 is 0 Å². The Labute approximate surface area is 203 Å². The van der Waals surface area contributed by atoms with Crippen molar-refractivity contribution in [3.05, 3.63) is 107 Å². The maximum absolute atomic E-state index is 14.3. The lowest BCUT2D eigenvalue weighted by molar-refractivity contribution is -0.113. The molecule has 0 radical (unpaired) electrons. The quantitative estimate of drug-likeness (QED) is 0.286. The van der Waals surface area contributed by atoms with Crippen LogP contribution in [0.25, 0.3) is 33.7 Å². The van der Waals surface area contributed by atoms with Gasteiger partial charge in [-0.2, -0.15) is 0 Å². The van der Waals surface area contributed by atoms with E-state index >= 15 is 0 Å². The third kappa shape index (κ3) is 4.89. The van der Waals surface area contributed by atoms with Gasteiger partial charge < -0.3 is 0 Å². The minimum Gasteiger partial charge on any atom is -0.289 e. The third-order valence-corrected chi connectivity index (χ3v) is 6.35. The van der Waals surface area contributed by atoms with Crippen molar-refractivity contribution in [3.63, 3.8) is 0 Å². The van der Waals surface area contributed by atoms with E-state index in [1.165, 1.54) is 10.8 Å². The molecule has 0 aliphatic heterocycles. The van der Waals surface area contributed by atoms with E-state index in [0.29, 0.717) is 0 Å². The number of hydrogen-bond donors (Lipinski definition) is 0. The summed E-state index contributed by atoms with van der Waals surface area (Å²) in [5.74, 6) is 0.112. The highest BCUT2D eigenvalue weighted by molar-refractivity contribution is 6.16. The molecular weight excluding hydrogens is 412 g/mol. The predicted molar refractivity (Wildman–Crippen MR) is 148 cm³/mol. The molecular formula is C33H34O. The second kappa shape index (κ2) is 9.06. The first kappa shape index (κ1) is 23.7. The van der Waals surface area contributed by atoms with E-state index in [1.54, 1.807) is 0 Å². The molecule has 0 aliphatic rings. The van der Waals surface area contributed by atoms with Crippen molar-refractivity contribution in [1.82, 2.24) is 0 Å².